The van der Waals surface area contributed by atoms with Crippen LogP contribution in [-0.4, -0.2) is 30.0 Å². The molecule has 172 valence electrons. The van der Waals surface area contributed by atoms with Gasteiger partial charge in [-0.2, -0.15) is 0 Å². The number of imide groups is 1. The number of methoxy groups -OCH3 is 1. The Labute approximate surface area is 202 Å². The van der Waals surface area contributed by atoms with Crippen LogP contribution in [0.1, 0.15) is 11.6 Å². The van der Waals surface area contributed by atoms with Gasteiger partial charge in [0.25, 0.3) is 11.6 Å². The van der Waals surface area contributed by atoms with Gasteiger partial charge in [-0.3, -0.25) is 24.5 Å². The van der Waals surface area contributed by atoms with E-state index in [0.29, 0.717) is 5.69 Å². The third kappa shape index (κ3) is 3.51. The zero-order valence-corrected chi connectivity index (χ0v) is 19.4. The molecule has 0 aliphatic carbocycles. The molecule has 2 aliphatic heterocycles. The van der Waals surface area contributed by atoms with Crippen molar-refractivity contribution in [1.29, 1.82) is 0 Å². The maximum Gasteiger partial charge on any atom is 0.297 e. The molecule has 34 heavy (non-hydrogen) atoms. The van der Waals surface area contributed by atoms with E-state index < -0.39 is 40.5 Å². The van der Waals surface area contributed by atoms with E-state index in [0.717, 1.165) is 14.9 Å². The second-order valence-electron chi connectivity index (χ2n) is 7.83. The van der Waals surface area contributed by atoms with Crippen molar-refractivity contribution in [3.63, 3.8) is 0 Å². The highest BCUT2D eigenvalue weighted by atomic mass is 79.9. The number of amides is 2. The average molecular weight is 524 g/mol. The Bertz CT molecular complexity index is 1280. The molecule has 2 heterocycles. The summed E-state index contributed by atoms with van der Waals surface area (Å²) in [7, 11) is 1.38. The number of benzene rings is 3. The summed E-state index contributed by atoms with van der Waals surface area (Å²) >= 11 is 3.42. The van der Waals surface area contributed by atoms with E-state index in [2.05, 4.69) is 15.9 Å². The summed E-state index contributed by atoms with van der Waals surface area (Å²) in [5.41, 5.74) is 0.944. The van der Waals surface area contributed by atoms with Crippen LogP contribution in [0, 0.1) is 16.0 Å². The average Bonchev–Trinajstić information content (AvgIpc) is 3.35. The summed E-state index contributed by atoms with van der Waals surface area (Å²) in [6.07, 6.45) is -1.12. The third-order valence-electron chi connectivity index (χ3n) is 5.96. The Balaban J connectivity index is 1.60. The highest BCUT2D eigenvalue weighted by Gasteiger charge is 2.61. The smallest absolute Gasteiger partial charge is 0.297 e. The molecule has 3 unspecified atom stereocenters. The molecule has 0 saturated carbocycles. The van der Waals surface area contributed by atoms with Crippen LogP contribution in [0.25, 0.3) is 0 Å². The standard InChI is InChI=1S/C24H18BrN3O6/c1-33-17-11-12-18(19(13-17)28(31)32)26-23(29)20-21(14-7-9-15(25)10-8-14)27(34-22(20)24(26)30)16-5-3-2-4-6-16/h2-13,20-22H,1H3. The number of nitro groups is 1. The molecule has 3 atom stereocenters. The highest BCUT2D eigenvalue weighted by Crippen LogP contribution is 2.48. The second-order valence-corrected chi connectivity index (χ2v) is 8.75. The van der Waals surface area contributed by atoms with Gasteiger partial charge in [0.15, 0.2) is 6.10 Å². The number of nitro benzene ring substituents is 1. The Hall–Kier alpha value is -3.76. The molecule has 2 saturated heterocycles. The summed E-state index contributed by atoms with van der Waals surface area (Å²) in [6.45, 7) is 0. The summed E-state index contributed by atoms with van der Waals surface area (Å²) in [5.74, 6) is -1.86. The number of nitrogens with zero attached hydrogens (tertiary/aromatic N) is 3. The Morgan fingerprint density at radius 3 is 2.35 bits per heavy atom. The number of halogens is 1. The molecule has 0 N–H and O–H groups in total. The number of fused-ring (bicyclic) bond motifs is 1. The van der Waals surface area contributed by atoms with E-state index in [-0.39, 0.29) is 11.4 Å². The van der Waals surface area contributed by atoms with Gasteiger partial charge in [-0.15, -0.1) is 0 Å². The molecule has 2 amide bonds. The number of hydrogen-bond acceptors (Lipinski definition) is 7. The number of anilines is 2. The summed E-state index contributed by atoms with van der Waals surface area (Å²) in [6, 6.07) is 20.0. The van der Waals surface area contributed by atoms with E-state index in [1.165, 1.54) is 25.3 Å². The molecule has 0 radical (unpaired) electrons. The van der Waals surface area contributed by atoms with Crippen LogP contribution < -0.4 is 14.7 Å². The number of para-hydroxylation sites is 1. The first-order valence-corrected chi connectivity index (χ1v) is 11.2. The lowest BCUT2D eigenvalue weighted by Crippen LogP contribution is -2.37. The molecule has 0 aromatic heterocycles. The fourth-order valence-corrected chi connectivity index (χ4v) is 4.68. The first-order chi connectivity index (χ1) is 16.4. The van der Waals surface area contributed by atoms with Crippen molar-refractivity contribution in [2.24, 2.45) is 5.92 Å². The number of carbonyl (C=O) groups excluding carboxylic acids is 2. The quantitative estimate of drug-likeness (QED) is 0.277. The van der Waals surface area contributed by atoms with Crippen molar-refractivity contribution < 1.29 is 24.1 Å². The van der Waals surface area contributed by atoms with Crippen molar-refractivity contribution in [2.45, 2.75) is 12.1 Å². The van der Waals surface area contributed by atoms with Gasteiger partial charge < -0.3 is 4.74 Å². The molecule has 3 aromatic rings. The fourth-order valence-electron chi connectivity index (χ4n) is 4.42. The summed E-state index contributed by atoms with van der Waals surface area (Å²) in [5, 5.41) is 13.3. The maximum atomic E-state index is 13.7. The van der Waals surface area contributed by atoms with E-state index >= 15 is 0 Å². The normalized spacial score (nSPS) is 21.6. The largest absolute Gasteiger partial charge is 0.496 e. The molecule has 5 rings (SSSR count). The highest BCUT2D eigenvalue weighted by molar-refractivity contribution is 9.10. The van der Waals surface area contributed by atoms with Crippen molar-refractivity contribution in [2.75, 3.05) is 17.1 Å². The molecule has 3 aromatic carbocycles. The number of rotatable bonds is 5. The van der Waals surface area contributed by atoms with Gasteiger partial charge in [0, 0.05) is 4.47 Å². The lowest BCUT2D eigenvalue weighted by Gasteiger charge is -2.28. The van der Waals surface area contributed by atoms with Gasteiger partial charge >= 0.3 is 0 Å². The minimum atomic E-state index is -1.12. The van der Waals surface area contributed by atoms with Gasteiger partial charge in [0.1, 0.15) is 17.4 Å². The first-order valence-electron chi connectivity index (χ1n) is 10.4. The van der Waals surface area contributed by atoms with Crippen LogP contribution in [0.4, 0.5) is 17.1 Å². The lowest BCUT2D eigenvalue weighted by molar-refractivity contribution is -0.384. The van der Waals surface area contributed by atoms with E-state index in [1.54, 1.807) is 5.06 Å². The monoisotopic (exact) mass is 523 g/mol. The zero-order chi connectivity index (χ0) is 24.0. The lowest BCUT2D eigenvalue weighted by atomic mass is 9.90. The fraction of sp³-hybridized carbons (Fsp3) is 0.167. The first kappa shape index (κ1) is 22.1. The molecule has 9 nitrogen and oxygen atoms in total. The summed E-state index contributed by atoms with van der Waals surface area (Å²) < 4.78 is 5.93. The van der Waals surface area contributed by atoms with Gasteiger partial charge in [0.2, 0.25) is 5.91 Å². The molecular formula is C24H18BrN3O6. The zero-order valence-electron chi connectivity index (χ0n) is 17.8. The molecule has 2 aliphatic rings. The van der Waals surface area contributed by atoms with Gasteiger partial charge in [-0.25, -0.2) is 9.96 Å². The third-order valence-corrected chi connectivity index (χ3v) is 6.49. The van der Waals surface area contributed by atoms with Crippen molar-refractivity contribution in [3.05, 3.63) is 92.9 Å². The van der Waals surface area contributed by atoms with E-state index in [1.807, 2.05) is 54.6 Å². The minimum absolute atomic E-state index is 0.111. The second kappa shape index (κ2) is 8.54. The van der Waals surface area contributed by atoms with Crippen LogP contribution in [0.5, 0.6) is 5.75 Å². The maximum absolute atomic E-state index is 13.7. The van der Waals surface area contributed by atoms with E-state index in [4.69, 9.17) is 9.57 Å². The SMILES string of the molecule is COc1ccc(N2C(=O)C3ON(c4ccccc4)C(c4ccc(Br)cc4)C3C2=O)c([N+](=O)[O-])c1. The van der Waals surface area contributed by atoms with Crippen LogP contribution in [-0.2, 0) is 14.4 Å². The number of hydrogen-bond donors (Lipinski definition) is 0. The molecule has 10 heteroatoms. The molecule has 2 fully saturated rings. The van der Waals surface area contributed by atoms with Crippen molar-refractivity contribution in [3.8, 4) is 5.75 Å². The molecule has 0 spiro atoms. The van der Waals surface area contributed by atoms with Gasteiger partial charge in [-0.05, 0) is 42.0 Å². The molecular weight excluding hydrogens is 506 g/mol. The van der Waals surface area contributed by atoms with Crippen LogP contribution in [0.15, 0.2) is 77.3 Å². The van der Waals surface area contributed by atoms with Crippen molar-refractivity contribution in [1.82, 2.24) is 0 Å². The van der Waals surface area contributed by atoms with Gasteiger partial charge in [-0.1, -0.05) is 46.3 Å². The van der Waals surface area contributed by atoms with Crippen LogP contribution in [0.2, 0.25) is 0 Å². The van der Waals surface area contributed by atoms with E-state index in [9.17, 15) is 19.7 Å². The van der Waals surface area contributed by atoms with Gasteiger partial charge in [0.05, 0.1) is 29.8 Å². The van der Waals surface area contributed by atoms with Crippen molar-refractivity contribution >= 4 is 44.8 Å². The number of hydroxylamine groups is 1. The number of carbonyl (C=O) groups is 2. The predicted molar refractivity (Wildman–Crippen MR) is 126 cm³/mol. The Kier molecular flexibility index (Phi) is 5.54. The van der Waals surface area contributed by atoms with Crippen LogP contribution >= 0.6 is 15.9 Å². The predicted octanol–water partition coefficient (Wildman–Crippen LogP) is 4.42. The summed E-state index contributed by atoms with van der Waals surface area (Å²) in [4.78, 5) is 45.1. The minimum Gasteiger partial charge on any atom is -0.496 e. The topological polar surface area (TPSA) is 102 Å². The van der Waals surface area contributed by atoms with Crippen LogP contribution in [0.3, 0.4) is 0 Å². The Morgan fingerprint density at radius 1 is 1.00 bits per heavy atom. The molecule has 0 bridgehead atoms. The Morgan fingerprint density at radius 2 is 1.71 bits per heavy atom. The number of ether oxygens (including phenoxy) is 1.